The minimum Gasteiger partial charge on any atom is -0.479 e. The van der Waals surface area contributed by atoms with Crippen molar-refractivity contribution in [1.82, 2.24) is 10.2 Å². The first-order valence-corrected chi connectivity index (χ1v) is 15.3. The smallest absolute Gasteiger partial charge is 0.332 e. The molecule has 0 saturated carbocycles. The van der Waals surface area contributed by atoms with Crippen LogP contribution in [0, 0.1) is 0 Å². The van der Waals surface area contributed by atoms with Gasteiger partial charge in [0.2, 0.25) is 5.91 Å². The highest BCUT2D eigenvalue weighted by Crippen LogP contribution is 2.02. The molecule has 0 spiro atoms. The lowest BCUT2D eigenvalue weighted by Gasteiger charge is -2.13. The van der Waals surface area contributed by atoms with Crippen molar-refractivity contribution in [2.75, 3.05) is 139 Å². The number of hydrogen-bond donors (Lipinski definition) is 2. The molecule has 1 aliphatic heterocycles. The lowest BCUT2D eigenvalue weighted by atomic mass is 10.4. The highest BCUT2D eigenvalue weighted by atomic mass is 16.6. The number of aliphatic carboxylic acids is 1. The van der Waals surface area contributed by atoms with E-state index in [1.807, 2.05) is 0 Å². The Balaban J connectivity index is 1.66. The van der Waals surface area contributed by atoms with Crippen LogP contribution >= 0.6 is 0 Å². The molecule has 0 aliphatic carbocycles. The fraction of sp³-hybridized carbons (Fsp3) is 0.793. The summed E-state index contributed by atoms with van der Waals surface area (Å²) in [6.07, 6.45) is 1.42. The molecule has 1 unspecified atom stereocenters. The summed E-state index contributed by atoms with van der Waals surface area (Å²) in [5, 5.41) is 11.3. The standard InChI is InChI=1S/C29H50N2O15/c1-25(29(35)36)46-23-22-45-21-20-44-19-18-43-17-16-42-15-14-41-13-12-40-11-10-39-9-8-38-7-6-37-5-4-30-26(32)24-31-27(33)2-3-28(31)34/h2-3,25H,4-24H2,1H3,(H,30,32)(H,35,36). The van der Waals surface area contributed by atoms with Crippen LogP contribution in [-0.4, -0.2) is 178 Å². The van der Waals surface area contributed by atoms with Gasteiger partial charge in [-0.1, -0.05) is 0 Å². The van der Waals surface area contributed by atoms with Gasteiger partial charge in [-0.05, 0) is 6.92 Å². The number of carboxylic acids is 1. The predicted octanol–water partition coefficient (Wildman–Crippen LogP) is -1.33. The number of rotatable bonds is 34. The molecule has 0 aromatic rings. The molecule has 0 aromatic heterocycles. The maximum atomic E-state index is 11.7. The molecule has 2 N–H and O–H groups in total. The van der Waals surface area contributed by atoms with Gasteiger partial charge in [0, 0.05) is 18.7 Å². The number of carboxylic acid groups (broad SMARTS) is 1. The van der Waals surface area contributed by atoms with Gasteiger partial charge in [0.25, 0.3) is 11.8 Å². The number of hydrogen-bond acceptors (Lipinski definition) is 14. The largest absolute Gasteiger partial charge is 0.479 e. The molecule has 0 saturated heterocycles. The minimum absolute atomic E-state index is 0.217. The highest BCUT2D eigenvalue weighted by Gasteiger charge is 2.25. The second kappa shape index (κ2) is 29.8. The van der Waals surface area contributed by atoms with Crippen molar-refractivity contribution in [3.63, 3.8) is 0 Å². The number of nitrogens with one attached hydrogen (secondary N) is 1. The van der Waals surface area contributed by atoms with E-state index in [1.165, 1.54) is 6.92 Å². The van der Waals surface area contributed by atoms with Crippen molar-refractivity contribution in [1.29, 1.82) is 0 Å². The highest BCUT2D eigenvalue weighted by molar-refractivity contribution is 6.14. The van der Waals surface area contributed by atoms with Gasteiger partial charge in [-0.2, -0.15) is 0 Å². The molecule has 1 atom stereocenters. The fourth-order valence-electron chi connectivity index (χ4n) is 3.27. The summed E-state index contributed by atoms with van der Waals surface area (Å²) < 4.78 is 53.6. The Hall–Kier alpha value is -2.58. The molecule has 46 heavy (non-hydrogen) atoms. The SMILES string of the molecule is CC(OCCOCCOCCOCCOCCOCCOCCOCCOCCOCCNC(=O)CN1C(=O)C=CC1=O)C(=O)O. The van der Waals surface area contributed by atoms with E-state index in [9.17, 15) is 19.2 Å². The molecule has 1 rings (SSSR count). The monoisotopic (exact) mass is 666 g/mol. The predicted molar refractivity (Wildman–Crippen MR) is 159 cm³/mol. The van der Waals surface area contributed by atoms with Crippen LogP contribution in [0.3, 0.4) is 0 Å². The molecule has 0 fully saturated rings. The number of carbonyl (C=O) groups is 4. The van der Waals surface area contributed by atoms with Gasteiger partial charge in [0.05, 0.1) is 126 Å². The second-order valence-electron chi connectivity index (χ2n) is 9.31. The molecular weight excluding hydrogens is 616 g/mol. The molecule has 1 aliphatic rings. The third-order valence-electron chi connectivity index (χ3n) is 5.69. The summed E-state index contributed by atoms with van der Waals surface area (Å²) in [7, 11) is 0. The maximum Gasteiger partial charge on any atom is 0.332 e. The van der Waals surface area contributed by atoms with Crippen molar-refractivity contribution in [3.05, 3.63) is 12.2 Å². The average Bonchev–Trinajstić information content (AvgIpc) is 3.35. The van der Waals surface area contributed by atoms with Gasteiger partial charge in [0.1, 0.15) is 6.54 Å². The number of nitrogens with zero attached hydrogens (tertiary/aromatic N) is 1. The zero-order valence-electron chi connectivity index (χ0n) is 26.7. The van der Waals surface area contributed by atoms with E-state index >= 15 is 0 Å². The Morgan fingerprint density at radius 2 is 0.891 bits per heavy atom. The van der Waals surface area contributed by atoms with E-state index in [0.717, 1.165) is 17.1 Å². The van der Waals surface area contributed by atoms with E-state index in [2.05, 4.69) is 5.32 Å². The van der Waals surface area contributed by atoms with Crippen LogP contribution in [-0.2, 0) is 66.5 Å². The first-order chi connectivity index (χ1) is 22.4. The van der Waals surface area contributed by atoms with Crippen molar-refractivity contribution in [2.45, 2.75) is 13.0 Å². The number of imide groups is 1. The van der Waals surface area contributed by atoms with Gasteiger partial charge in [-0.15, -0.1) is 0 Å². The first kappa shape index (κ1) is 41.4. The average molecular weight is 667 g/mol. The maximum absolute atomic E-state index is 11.7. The van der Waals surface area contributed by atoms with Crippen LogP contribution in [0.15, 0.2) is 12.2 Å². The minimum atomic E-state index is -1.00. The third kappa shape index (κ3) is 24.6. The van der Waals surface area contributed by atoms with Crippen LogP contribution in [0.25, 0.3) is 0 Å². The van der Waals surface area contributed by atoms with Gasteiger partial charge < -0.3 is 57.8 Å². The molecule has 1 heterocycles. The quantitative estimate of drug-likeness (QED) is 0.0605. The van der Waals surface area contributed by atoms with Crippen LogP contribution in [0.1, 0.15) is 6.92 Å². The summed E-state index contributed by atoms with van der Waals surface area (Å²) >= 11 is 0. The van der Waals surface area contributed by atoms with E-state index in [1.54, 1.807) is 0 Å². The van der Waals surface area contributed by atoms with E-state index in [4.69, 9.17) is 52.5 Å². The Bertz CT molecular complexity index is 827. The third-order valence-corrected chi connectivity index (χ3v) is 5.69. The Labute approximate surface area is 269 Å². The Morgan fingerprint density at radius 1 is 0.587 bits per heavy atom. The summed E-state index contributed by atoms with van der Waals surface area (Å²) in [4.78, 5) is 46.0. The molecule has 17 nitrogen and oxygen atoms in total. The van der Waals surface area contributed by atoms with E-state index in [-0.39, 0.29) is 26.3 Å². The Morgan fingerprint density at radius 3 is 1.22 bits per heavy atom. The van der Waals surface area contributed by atoms with E-state index < -0.39 is 29.8 Å². The van der Waals surface area contributed by atoms with Gasteiger partial charge >= 0.3 is 5.97 Å². The van der Waals surface area contributed by atoms with Gasteiger partial charge in [-0.3, -0.25) is 19.3 Å². The van der Waals surface area contributed by atoms with Crippen LogP contribution < -0.4 is 5.32 Å². The summed E-state index contributed by atoms with van der Waals surface area (Å²) in [5.74, 6) is -2.42. The zero-order chi connectivity index (χ0) is 33.5. The number of ether oxygens (including phenoxy) is 10. The lowest BCUT2D eigenvalue weighted by Crippen LogP contribution is -2.41. The molecule has 0 radical (unpaired) electrons. The van der Waals surface area contributed by atoms with Crippen molar-refractivity contribution in [3.8, 4) is 0 Å². The molecule has 266 valence electrons. The number of amides is 3. The summed E-state index contributed by atoms with van der Waals surface area (Å²) in [6, 6.07) is 0. The second-order valence-corrected chi connectivity index (χ2v) is 9.31. The summed E-state index contributed by atoms with van der Waals surface area (Å²) in [6.45, 7) is 9.13. The molecule has 0 aromatic carbocycles. The van der Waals surface area contributed by atoms with Crippen LogP contribution in [0.2, 0.25) is 0 Å². The van der Waals surface area contributed by atoms with Crippen molar-refractivity contribution in [2.24, 2.45) is 0 Å². The Kier molecular flexibility index (Phi) is 26.8. The van der Waals surface area contributed by atoms with Gasteiger partial charge in [-0.25, -0.2) is 4.79 Å². The molecular formula is C29H50N2O15. The molecule has 17 heteroatoms. The molecule has 0 bridgehead atoms. The summed E-state index contributed by atoms with van der Waals surface area (Å²) in [5.41, 5.74) is 0. The van der Waals surface area contributed by atoms with Crippen molar-refractivity contribution >= 4 is 23.7 Å². The van der Waals surface area contributed by atoms with E-state index in [0.29, 0.717) is 112 Å². The first-order valence-electron chi connectivity index (χ1n) is 15.3. The number of carbonyl (C=O) groups excluding carboxylic acids is 3. The van der Waals surface area contributed by atoms with Crippen LogP contribution in [0.5, 0.6) is 0 Å². The molecule has 3 amide bonds. The fourth-order valence-corrected chi connectivity index (χ4v) is 3.27. The van der Waals surface area contributed by atoms with Gasteiger partial charge in [0.15, 0.2) is 6.10 Å². The van der Waals surface area contributed by atoms with Crippen molar-refractivity contribution < 1.29 is 71.7 Å². The normalized spacial score (nSPS) is 13.5. The van der Waals surface area contributed by atoms with Crippen LogP contribution in [0.4, 0.5) is 0 Å². The topological polar surface area (TPSA) is 196 Å². The lowest BCUT2D eigenvalue weighted by molar-refractivity contribution is -0.150. The zero-order valence-corrected chi connectivity index (χ0v) is 26.7.